The average Bonchev–Trinajstić information content (AvgIpc) is 3.08. The van der Waals surface area contributed by atoms with E-state index in [1.165, 1.54) is 23.1 Å². The first kappa shape index (κ1) is 14.9. The number of benzene rings is 1. The number of cyclic esters (lactones) is 1. The maximum Gasteiger partial charge on any atom is 0.414 e. The molecule has 0 spiro atoms. The second kappa shape index (κ2) is 5.62. The monoisotopic (exact) mass is 339 g/mol. The van der Waals surface area contributed by atoms with Crippen molar-refractivity contribution in [3.8, 4) is 5.75 Å². The summed E-state index contributed by atoms with van der Waals surface area (Å²) in [6, 6.07) is 9.51. The molecule has 0 bridgehead atoms. The van der Waals surface area contributed by atoms with E-state index in [1.807, 2.05) is 6.92 Å². The van der Waals surface area contributed by atoms with Gasteiger partial charge in [-0.3, -0.25) is 4.90 Å². The number of carbonyl (C=O) groups is 1. The third-order valence-electron chi connectivity index (χ3n) is 3.08. The van der Waals surface area contributed by atoms with Crippen LogP contribution in [0.3, 0.4) is 0 Å². The van der Waals surface area contributed by atoms with E-state index < -0.39 is 16.2 Å². The van der Waals surface area contributed by atoms with Gasteiger partial charge in [0.25, 0.3) is 0 Å². The molecule has 8 heteroatoms. The second-order valence-electron chi connectivity index (χ2n) is 4.66. The van der Waals surface area contributed by atoms with Crippen LogP contribution in [0.5, 0.6) is 5.75 Å². The number of amides is 1. The summed E-state index contributed by atoms with van der Waals surface area (Å²) in [4.78, 5) is 13.8. The van der Waals surface area contributed by atoms with Crippen molar-refractivity contribution in [1.29, 1.82) is 0 Å². The number of ether oxygens (including phenoxy) is 1. The molecule has 6 nitrogen and oxygen atoms in total. The summed E-state index contributed by atoms with van der Waals surface area (Å²) in [5.74, 6) is 0.197. The summed E-state index contributed by atoms with van der Waals surface area (Å²) in [5, 5.41) is 0. The molecule has 1 fully saturated rings. The minimum atomic E-state index is -3.82. The Kier molecular flexibility index (Phi) is 3.79. The fourth-order valence-corrected chi connectivity index (χ4v) is 4.20. The molecule has 1 amide bonds. The topological polar surface area (TPSA) is 72.9 Å². The molecule has 2 aromatic rings. The van der Waals surface area contributed by atoms with Gasteiger partial charge in [0.2, 0.25) is 0 Å². The Hall–Kier alpha value is -2.06. The van der Waals surface area contributed by atoms with E-state index in [4.69, 9.17) is 8.92 Å². The van der Waals surface area contributed by atoms with Crippen LogP contribution in [0.4, 0.5) is 10.5 Å². The first-order valence-corrected chi connectivity index (χ1v) is 8.73. The SMILES string of the molecule is Cc1ccc(S(=O)(=O)Oc2ccc(N3CCOC3=O)cc2)s1. The zero-order valence-electron chi connectivity index (χ0n) is 11.7. The van der Waals surface area contributed by atoms with Crippen LogP contribution in [0, 0.1) is 6.92 Å². The highest BCUT2D eigenvalue weighted by atomic mass is 32.3. The van der Waals surface area contributed by atoms with Gasteiger partial charge in [0.15, 0.2) is 4.21 Å². The van der Waals surface area contributed by atoms with E-state index in [-0.39, 0.29) is 9.96 Å². The van der Waals surface area contributed by atoms with Gasteiger partial charge in [-0.1, -0.05) is 0 Å². The average molecular weight is 339 g/mol. The summed E-state index contributed by atoms with van der Waals surface area (Å²) in [6.45, 7) is 2.66. The molecule has 3 rings (SSSR count). The highest BCUT2D eigenvalue weighted by Gasteiger charge is 2.24. The Morgan fingerprint density at radius 1 is 1.18 bits per heavy atom. The van der Waals surface area contributed by atoms with E-state index in [2.05, 4.69) is 0 Å². The summed E-state index contributed by atoms with van der Waals surface area (Å²) in [5.41, 5.74) is 0.638. The van der Waals surface area contributed by atoms with Crippen LogP contribution in [0.1, 0.15) is 4.88 Å². The van der Waals surface area contributed by atoms with Crippen molar-refractivity contribution in [2.75, 3.05) is 18.1 Å². The highest BCUT2D eigenvalue weighted by molar-refractivity contribution is 7.89. The molecular weight excluding hydrogens is 326 g/mol. The van der Waals surface area contributed by atoms with Crippen LogP contribution in [-0.2, 0) is 14.9 Å². The fraction of sp³-hybridized carbons (Fsp3) is 0.214. The molecule has 0 unspecified atom stereocenters. The van der Waals surface area contributed by atoms with E-state index in [1.54, 1.807) is 18.2 Å². The zero-order valence-corrected chi connectivity index (χ0v) is 13.3. The van der Waals surface area contributed by atoms with Gasteiger partial charge in [-0.25, -0.2) is 4.79 Å². The number of anilines is 1. The lowest BCUT2D eigenvalue weighted by Gasteiger charge is -2.13. The molecule has 1 saturated heterocycles. The van der Waals surface area contributed by atoms with E-state index in [0.29, 0.717) is 18.8 Å². The molecule has 0 N–H and O–H groups in total. The molecule has 1 aliphatic rings. The zero-order chi connectivity index (χ0) is 15.7. The Morgan fingerprint density at radius 3 is 2.45 bits per heavy atom. The first-order valence-electron chi connectivity index (χ1n) is 6.51. The minimum absolute atomic E-state index is 0.164. The molecule has 0 aliphatic carbocycles. The van der Waals surface area contributed by atoms with E-state index >= 15 is 0 Å². The van der Waals surface area contributed by atoms with E-state index in [9.17, 15) is 13.2 Å². The Morgan fingerprint density at radius 2 is 1.91 bits per heavy atom. The molecule has 0 atom stereocenters. The highest BCUT2D eigenvalue weighted by Crippen LogP contribution is 2.27. The van der Waals surface area contributed by atoms with Gasteiger partial charge < -0.3 is 8.92 Å². The molecular formula is C14H13NO5S2. The molecule has 2 heterocycles. The van der Waals surface area contributed by atoms with Crippen molar-refractivity contribution in [1.82, 2.24) is 0 Å². The number of nitrogens with zero attached hydrogens (tertiary/aromatic N) is 1. The smallest absolute Gasteiger partial charge is 0.414 e. The number of hydrogen-bond acceptors (Lipinski definition) is 6. The van der Waals surface area contributed by atoms with Gasteiger partial charge in [0, 0.05) is 10.6 Å². The number of aryl methyl sites for hydroxylation is 1. The Labute approximate surface area is 132 Å². The molecule has 0 saturated carbocycles. The van der Waals surface area contributed by atoms with Crippen molar-refractivity contribution >= 4 is 33.2 Å². The molecule has 0 radical (unpaired) electrons. The van der Waals surface area contributed by atoms with Crippen LogP contribution in [0.2, 0.25) is 0 Å². The summed E-state index contributed by atoms with van der Waals surface area (Å²) in [6.07, 6.45) is -0.407. The molecule has 116 valence electrons. The van der Waals surface area contributed by atoms with Crippen LogP contribution in [0.25, 0.3) is 0 Å². The summed E-state index contributed by atoms with van der Waals surface area (Å²) < 4.78 is 34.3. The third kappa shape index (κ3) is 2.93. The van der Waals surface area contributed by atoms with Crippen LogP contribution >= 0.6 is 11.3 Å². The number of hydrogen-bond donors (Lipinski definition) is 0. The lowest BCUT2D eigenvalue weighted by Crippen LogP contribution is -2.23. The second-order valence-corrected chi connectivity index (χ2v) is 7.72. The predicted octanol–water partition coefficient (Wildman–Crippen LogP) is 2.78. The van der Waals surface area contributed by atoms with Gasteiger partial charge in [-0.2, -0.15) is 8.42 Å². The van der Waals surface area contributed by atoms with E-state index in [0.717, 1.165) is 16.2 Å². The van der Waals surface area contributed by atoms with Crippen LogP contribution in [0.15, 0.2) is 40.6 Å². The van der Waals surface area contributed by atoms with Crippen molar-refractivity contribution in [2.24, 2.45) is 0 Å². The van der Waals surface area contributed by atoms with Gasteiger partial charge in [0.05, 0.1) is 6.54 Å². The van der Waals surface area contributed by atoms with Gasteiger partial charge in [-0.15, -0.1) is 11.3 Å². The normalized spacial score (nSPS) is 15.0. The number of thiophene rings is 1. The number of rotatable bonds is 4. The van der Waals surface area contributed by atoms with Gasteiger partial charge in [0.1, 0.15) is 12.4 Å². The fourth-order valence-electron chi connectivity index (χ4n) is 2.02. The molecule has 1 aromatic heterocycles. The predicted molar refractivity (Wildman–Crippen MR) is 82.0 cm³/mol. The third-order valence-corrected chi connectivity index (χ3v) is 5.78. The Bertz CT molecular complexity index is 795. The summed E-state index contributed by atoms with van der Waals surface area (Å²) >= 11 is 1.16. The lowest BCUT2D eigenvalue weighted by molar-refractivity contribution is 0.181. The molecule has 22 heavy (non-hydrogen) atoms. The van der Waals surface area contributed by atoms with Crippen molar-refractivity contribution in [3.63, 3.8) is 0 Å². The minimum Gasteiger partial charge on any atom is -0.447 e. The van der Waals surface area contributed by atoms with Gasteiger partial charge in [-0.05, 0) is 43.3 Å². The first-order chi connectivity index (χ1) is 10.5. The maximum atomic E-state index is 12.1. The quantitative estimate of drug-likeness (QED) is 0.801. The van der Waals surface area contributed by atoms with Crippen molar-refractivity contribution in [2.45, 2.75) is 11.1 Å². The van der Waals surface area contributed by atoms with Crippen LogP contribution in [-0.4, -0.2) is 27.7 Å². The van der Waals surface area contributed by atoms with Crippen LogP contribution < -0.4 is 9.08 Å². The number of carbonyl (C=O) groups excluding carboxylic acids is 1. The Balaban J connectivity index is 1.77. The largest absolute Gasteiger partial charge is 0.447 e. The standard InChI is InChI=1S/C14H13NO5S2/c1-10-2-7-13(21-10)22(17,18)20-12-5-3-11(4-6-12)15-8-9-19-14(15)16/h2-7H,8-9H2,1H3. The van der Waals surface area contributed by atoms with Crippen molar-refractivity contribution < 1.29 is 22.1 Å². The maximum absolute atomic E-state index is 12.1. The summed E-state index contributed by atoms with van der Waals surface area (Å²) in [7, 11) is -3.82. The molecule has 1 aliphatic heterocycles. The van der Waals surface area contributed by atoms with Crippen molar-refractivity contribution in [3.05, 3.63) is 41.3 Å². The molecule has 1 aromatic carbocycles. The lowest BCUT2D eigenvalue weighted by atomic mass is 10.3. The van der Waals surface area contributed by atoms with Gasteiger partial charge >= 0.3 is 16.2 Å².